The Hall–Kier alpha value is -0.670. The molecule has 1 aromatic rings. The minimum atomic E-state index is 0.762. The van der Waals surface area contributed by atoms with Crippen LogP contribution in [-0.2, 0) is 0 Å². The first-order chi connectivity index (χ1) is 4.79. The molecule has 0 spiro atoms. The number of benzene rings is 1. The fraction of sp³-hybridized carbons (Fsp3) is 0.143. The standard InChI is InChI=1S/C6H7NS.CH5N/c7-5-2-1-3-6(8)4-5;1-2/h1-4,8H,7H2;2H2,1H3. The van der Waals surface area contributed by atoms with Gasteiger partial charge in [-0.1, -0.05) is 6.07 Å². The molecule has 1 rings (SSSR count). The molecule has 4 N–H and O–H groups in total. The minimum Gasteiger partial charge on any atom is -0.399 e. The van der Waals surface area contributed by atoms with Crippen molar-refractivity contribution >= 4 is 18.3 Å². The highest BCUT2D eigenvalue weighted by Crippen LogP contribution is 2.08. The molecule has 56 valence electrons. The number of rotatable bonds is 0. The largest absolute Gasteiger partial charge is 0.399 e. The van der Waals surface area contributed by atoms with Crippen LogP contribution < -0.4 is 11.5 Å². The number of nitrogens with two attached hydrogens (primary N) is 2. The highest BCUT2D eigenvalue weighted by atomic mass is 32.1. The van der Waals surface area contributed by atoms with Gasteiger partial charge in [-0.15, -0.1) is 12.6 Å². The molecule has 0 heterocycles. The third-order valence-corrected chi connectivity index (χ3v) is 1.15. The summed E-state index contributed by atoms with van der Waals surface area (Å²) in [6.07, 6.45) is 0. The third kappa shape index (κ3) is 3.37. The van der Waals surface area contributed by atoms with Crippen LogP contribution in [0.2, 0.25) is 0 Å². The molecule has 1 aromatic carbocycles. The van der Waals surface area contributed by atoms with E-state index < -0.39 is 0 Å². The molecule has 0 aromatic heterocycles. The van der Waals surface area contributed by atoms with Gasteiger partial charge in [0.2, 0.25) is 0 Å². The van der Waals surface area contributed by atoms with Crippen molar-refractivity contribution in [3.8, 4) is 0 Å². The maximum absolute atomic E-state index is 5.41. The second-order valence-corrected chi connectivity index (χ2v) is 2.11. The predicted molar refractivity (Wildman–Crippen MR) is 48.2 cm³/mol. The molecule has 0 amide bonds. The minimum absolute atomic E-state index is 0.762. The van der Waals surface area contributed by atoms with Gasteiger partial charge in [-0.05, 0) is 25.2 Å². The molecule has 0 saturated heterocycles. The van der Waals surface area contributed by atoms with Crippen molar-refractivity contribution in [2.75, 3.05) is 12.8 Å². The van der Waals surface area contributed by atoms with E-state index in [0.717, 1.165) is 10.6 Å². The lowest BCUT2D eigenvalue weighted by Gasteiger charge is -1.90. The monoisotopic (exact) mass is 156 g/mol. The summed E-state index contributed by atoms with van der Waals surface area (Å²) in [5.74, 6) is 0. The van der Waals surface area contributed by atoms with Crippen LogP contribution in [0.3, 0.4) is 0 Å². The zero-order chi connectivity index (χ0) is 7.98. The average molecular weight is 156 g/mol. The van der Waals surface area contributed by atoms with Gasteiger partial charge in [-0.3, -0.25) is 0 Å². The number of nitrogen functional groups attached to an aromatic ring is 1. The summed E-state index contributed by atoms with van der Waals surface area (Å²) in [6, 6.07) is 7.40. The van der Waals surface area contributed by atoms with Gasteiger partial charge in [-0.2, -0.15) is 0 Å². The molecule has 0 atom stereocenters. The van der Waals surface area contributed by atoms with Gasteiger partial charge in [0.1, 0.15) is 0 Å². The molecule has 3 heteroatoms. The van der Waals surface area contributed by atoms with Crippen molar-refractivity contribution in [3.05, 3.63) is 24.3 Å². The van der Waals surface area contributed by atoms with Crippen LogP contribution >= 0.6 is 12.6 Å². The first-order valence-electron chi connectivity index (χ1n) is 2.91. The molecule has 0 saturated carbocycles. The molecule has 0 radical (unpaired) electrons. The van der Waals surface area contributed by atoms with E-state index in [0.29, 0.717) is 0 Å². The molecule has 0 aliphatic rings. The highest BCUT2D eigenvalue weighted by Gasteiger charge is 1.82. The quantitative estimate of drug-likeness (QED) is 0.389. The first-order valence-corrected chi connectivity index (χ1v) is 3.36. The SMILES string of the molecule is CN.Nc1cccc(S)c1. The summed E-state index contributed by atoms with van der Waals surface area (Å²) in [7, 11) is 1.50. The van der Waals surface area contributed by atoms with Gasteiger partial charge in [0, 0.05) is 10.6 Å². The maximum atomic E-state index is 5.41. The second-order valence-electron chi connectivity index (χ2n) is 1.59. The second kappa shape index (κ2) is 5.14. The van der Waals surface area contributed by atoms with Crippen molar-refractivity contribution < 1.29 is 0 Å². The Morgan fingerprint density at radius 1 is 1.30 bits per heavy atom. The zero-order valence-electron chi connectivity index (χ0n) is 5.91. The molecule has 0 bridgehead atoms. The topological polar surface area (TPSA) is 52.0 Å². The summed E-state index contributed by atoms with van der Waals surface area (Å²) < 4.78 is 0. The number of hydrogen-bond acceptors (Lipinski definition) is 3. The van der Waals surface area contributed by atoms with E-state index in [2.05, 4.69) is 18.4 Å². The fourth-order valence-corrected chi connectivity index (χ4v) is 0.760. The first kappa shape index (κ1) is 9.33. The van der Waals surface area contributed by atoms with Gasteiger partial charge < -0.3 is 11.5 Å². The van der Waals surface area contributed by atoms with Gasteiger partial charge >= 0.3 is 0 Å². The molecule has 0 unspecified atom stereocenters. The van der Waals surface area contributed by atoms with E-state index in [4.69, 9.17) is 5.73 Å². The number of hydrogen-bond donors (Lipinski definition) is 3. The van der Waals surface area contributed by atoms with Crippen LogP contribution in [0.25, 0.3) is 0 Å². The molecule has 2 nitrogen and oxygen atoms in total. The van der Waals surface area contributed by atoms with Gasteiger partial charge in [0.25, 0.3) is 0 Å². The summed E-state index contributed by atoms with van der Waals surface area (Å²) in [5.41, 5.74) is 10.7. The van der Waals surface area contributed by atoms with E-state index in [1.165, 1.54) is 7.05 Å². The number of thiol groups is 1. The average Bonchev–Trinajstić information content (AvgIpc) is 1.91. The van der Waals surface area contributed by atoms with E-state index in [-0.39, 0.29) is 0 Å². The molecule has 0 fully saturated rings. The Kier molecular flexibility index (Phi) is 4.80. The smallest absolute Gasteiger partial charge is 0.0325 e. The van der Waals surface area contributed by atoms with Crippen LogP contribution in [0.5, 0.6) is 0 Å². The summed E-state index contributed by atoms with van der Waals surface area (Å²) in [5, 5.41) is 0. The Bertz CT molecular complexity index is 171. The number of anilines is 1. The lowest BCUT2D eigenvalue weighted by molar-refractivity contribution is 1.48. The van der Waals surface area contributed by atoms with Crippen LogP contribution in [0.15, 0.2) is 29.2 Å². The Morgan fingerprint density at radius 2 is 1.90 bits per heavy atom. The Balaban J connectivity index is 0.000000371. The molecular formula is C7H12N2S. The molecule has 0 aliphatic carbocycles. The summed E-state index contributed by atoms with van der Waals surface area (Å²) in [6.45, 7) is 0. The van der Waals surface area contributed by atoms with Crippen molar-refractivity contribution in [2.24, 2.45) is 5.73 Å². The third-order valence-electron chi connectivity index (χ3n) is 0.870. The molecule has 0 aliphatic heterocycles. The van der Waals surface area contributed by atoms with Crippen molar-refractivity contribution in [2.45, 2.75) is 4.90 Å². The van der Waals surface area contributed by atoms with Gasteiger partial charge in [-0.25, -0.2) is 0 Å². The normalized spacial score (nSPS) is 7.90. The van der Waals surface area contributed by atoms with Crippen LogP contribution in [-0.4, -0.2) is 7.05 Å². The van der Waals surface area contributed by atoms with Gasteiger partial charge in [0.05, 0.1) is 0 Å². The van der Waals surface area contributed by atoms with E-state index in [1.54, 1.807) is 0 Å². The van der Waals surface area contributed by atoms with E-state index >= 15 is 0 Å². The van der Waals surface area contributed by atoms with E-state index in [1.807, 2.05) is 24.3 Å². The predicted octanol–water partition coefficient (Wildman–Crippen LogP) is 1.13. The zero-order valence-corrected chi connectivity index (χ0v) is 6.81. The van der Waals surface area contributed by atoms with Crippen molar-refractivity contribution in [1.29, 1.82) is 0 Å². The summed E-state index contributed by atoms with van der Waals surface area (Å²) >= 11 is 4.07. The van der Waals surface area contributed by atoms with Gasteiger partial charge in [0.15, 0.2) is 0 Å². The fourth-order valence-electron chi connectivity index (χ4n) is 0.525. The van der Waals surface area contributed by atoms with Crippen molar-refractivity contribution in [3.63, 3.8) is 0 Å². The maximum Gasteiger partial charge on any atom is 0.0325 e. The highest BCUT2D eigenvalue weighted by molar-refractivity contribution is 7.80. The Morgan fingerprint density at radius 3 is 2.20 bits per heavy atom. The van der Waals surface area contributed by atoms with E-state index in [9.17, 15) is 0 Å². The van der Waals surface area contributed by atoms with Crippen LogP contribution in [0.1, 0.15) is 0 Å². The molecule has 10 heavy (non-hydrogen) atoms. The Labute approximate surface area is 66.6 Å². The van der Waals surface area contributed by atoms with Crippen molar-refractivity contribution in [1.82, 2.24) is 0 Å². The summed E-state index contributed by atoms with van der Waals surface area (Å²) in [4.78, 5) is 0.907. The van der Waals surface area contributed by atoms with Crippen LogP contribution in [0.4, 0.5) is 5.69 Å². The lowest BCUT2D eigenvalue weighted by atomic mass is 10.3. The molecular weight excluding hydrogens is 144 g/mol. The lowest BCUT2D eigenvalue weighted by Crippen LogP contribution is -1.81. The van der Waals surface area contributed by atoms with Crippen LogP contribution in [0, 0.1) is 0 Å².